The molecule has 22 heavy (non-hydrogen) atoms. The van der Waals surface area contributed by atoms with E-state index in [1.54, 1.807) is 0 Å². The van der Waals surface area contributed by atoms with E-state index in [-0.39, 0.29) is 11.9 Å². The molecule has 1 amide bonds. The van der Waals surface area contributed by atoms with Gasteiger partial charge >= 0.3 is 0 Å². The third-order valence-corrected chi connectivity index (χ3v) is 3.61. The summed E-state index contributed by atoms with van der Waals surface area (Å²) in [6, 6.07) is 11.5. The minimum absolute atomic E-state index is 0.00952. The fraction of sp³-hybridized carbons (Fsp3) is 0.412. The van der Waals surface area contributed by atoms with Gasteiger partial charge in [0.25, 0.3) is 0 Å². The van der Waals surface area contributed by atoms with Crippen molar-refractivity contribution in [3.63, 3.8) is 0 Å². The topological polar surface area (TPSA) is 72.9 Å². The maximum absolute atomic E-state index is 11.9. The van der Waals surface area contributed by atoms with Crippen LogP contribution in [0.5, 0.6) is 0 Å². The number of nitrogens with two attached hydrogens (primary N) is 1. The Morgan fingerprint density at radius 3 is 2.68 bits per heavy atom. The molecule has 2 rings (SSSR count). The highest BCUT2D eigenvalue weighted by atomic mass is 16.1. The minimum Gasteiger partial charge on any atom is -0.356 e. The molecule has 1 unspecified atom stereocenters. The lowest BCUT2D eigenvalue weighted by Crippen LogP contribution is -2.28. The lowest BCUT2D eigenvalue weighted by molar-refractivity contribution is -0.121. The Morgan fingerprint density at radius 2 is 2.05 bits per heavy atom. The molecule has 2 aromatic rings. The summed E-state index contributed by atoms with van der Waals surface area (Å²) < 4.78 is 1.97. The fourth-order valence-electron chi connectivity index (χ4n) is 2.45. The van der Waals surface area contributed by atoms with Crippen molar-refractivity contribution < 1.29 is 4.79 Å². The van der Waals surface area contributed by atoms with Crippen LogP contribution >= 0.6 is 0 Å². The van der Waals surface area contributed by atoms with E-state index < -0.39 is 0 Å². The molecule has 0 aliphatic rings. The molecule has 5 heteroatoms. The first-order valence-electron chi connectivity index (χ1n) is 7.64. The van der Waals surface area contributed by atoms with Crippen molar-refractivity contribution in [3.8, 4) is 0 Å². The summed E-state index contributed by atoms with van der Waals surface area (Å²) in [4.78, 5) is 11.9. The van der Waals surface area contributed by atoms with Gasteiger partial charge in [-0.2, -0.15) is 5.10 Å². The molecule has 0 radical (unpaired) electrons. The minimum atomic E-state index is -0.253. The van der Waals surface area contributed by atoms with Crippen LogP contribution in [0.2, 0.25) is 0 Å². The van der Waals surface area contributed by atoms with Crippen molar-refractivity contribution in [1.82, 2.24) is 15.1 Å². The van der Waals surface area contributed by atoms with Gasteiger partial charge in [0.2, 0.25) is 5.91 Å². The average Bonchev–Trinajstić information content (AvgIpc) is 2.82. The van der Waals surface area contributed by atoms with Crippen LogP contribution in [-0.2, 0) is 11.3 Å². The van der Waals surface area contributed by atoms with Gasteiger partial charge in [-0.25, -0.2) is 0 Å². The van der Waals surface area contributed by atoms with Crippen LogP contribution in [0, 0.1) is 13.8 Å². The third kappa shape index (κ3) is 4.70. The fourth-order valence-corrected chi connectivity index (χ4v) is 2.45. The van der Waals surface area contributed by atoms with Crippen LogP contribution in [0.4, 0.5) is 0 Å². The molecule has 0 aliphatic carbocycles. The highest BCUT2D eigenvalue weighted by molar-refractivity contribution is 5.76. The van der Waals surface area contributed by atoms with Crippen LogP contribution in [0.25, 0.3) is 0 Å². The Hall–Kier alpha value is -2.14. The average molecular weight is 300 g/mol. The molecule has 1 aromatic carbocycles. The van der Waals surface area contributed by atoms with Gasteiger partial charge < -0.3 is 11.1 Å². The Bertz CT molecular complexity index is 606. The first-order chi connectivity index (χ1) is 10.6. The number of nitrogens with one attached hydrogen (secondary N) is 1. The largest absolute Gasteiger partial charge is 0.356 e. The highest BCUT2D eigenvalue weighted by Crippen LogP contribution is 2.12. The number of hydrogen-bond donors (Lipinski definition) is 2. The number of rotatable bonds is 7. The van der Waals surface area contributed by atoms with E-state index in [9.17, 15) is 4.79 Å². The monoisotopic (exact) mass is 300 g/mol. The molecule has 0 fully saturated rings. The van der Waals surface area contributed by atoms with Gasteiger partial charge in [-0.1, -0.05) is 30.3 Å². The van der Waals surface area contributed by atoms with Gasteiger partial charge in [-0.3, -0.25) is 9.48 Å². The quantitative estimate of drug-likeness (QED) is 0.769. The molecular weight excluding hydrogens is 276 g/mol. The van der Waals surface area contributed by atoms with E-state index in [4.69, 9.17) is 5.73 Å². The summed E-state index contributed by atoms with van der Waals surface area (Å²) in [5.74, 6) is -0.00952. The van der Waals surface area contributed by atoms with E-state index in [1.807, 2.05) is 48.9 Å². The summed E-state index contributed by atoms with van der Waals surface area (Å²) in [5.41, 5.74) is 9.20. The first kappa shape index (κ1) is 16.2. The zero-order chi connectivity index (χ0) is 15.9. The normalized spacial score (nSPS) is 12.1. The van der Waals surface area contributed by atoms with Crippen LogP contribution in [0.15, 0.2) is 36.4 Å². The van der Waals surface area contributed by atoms with Crippen molar-refractivity contribution in [1.29, 1.82) is 0 Å². The van der Waals surface area contributed by atoms with Crippen molar-refractivity contribution in [2.24, 2.45) is 5.73 Å². The van der Waals surface area contributed by atoms with Crippen LogP contribution in [0.3, 0.4) is 0 Å². The summed E-state index contributed by atoms with van der Waals surface area (Å²) >= 11 is 0. The van der Waals surface area contributed by atoms with Crippen molar-refractivity contribution >= 4 is 5.91 Å². The zero-order valence-corrected chi connectivity index (χ0v) is 13.2. The van der Waals surface area contributed by atoms with Gasteiger partial charge in [-0.15, -0.1) is 0 Å². The number of benzene rings is 1. The predicted molar refractivity (Wildman–Crippen MR) is 87.3 cm³/mol. The van der Waals surface area contributed by atoms with Gasteiger partial charge in [0, 0.05) is 31.2 Å². The first-order valence-corrected chi connectivity index (χ1v) is 7.64. The number of hydrogen-bond acceptors (Lipinski definition) is 3. The van der Waals surface area contributed by atoms with Crippen LogP contribution in [-0.4, -0.2) is 22.2 Å². The van der Waals surface area contributed by atoms with Gasteiger partial charge in [0.05, 0.1) is 5.69 Å². The molecule has 1 aromatic heterocycles. The van der Waals surface area contributed by atoms with E-state index >= 15 is 0 Å². The van der Waals surface area contributed by atoms with Gasteiger partial charge in [-0.05, 0) is 31.9 Å². The van der Waals surface area contributed by atoms with Crippen molar-refractivity contribution in [2.45, 2.75) is 39.3 Å². The number of nitrogens with zero attached hydrogens (tertiary/aromatic N) is 2. The molecule has 1 heterocycles. The molecule has 118 valence electrons. The molecular formula is C17H24N4O. The molecule has 1 atom stereocenters. The van der Waals surface area contributed by atoms with E-state index in [1.165, 1.54) is 0 Å². The zero-order valence-electron chi connectivity index (χ0n) is 13.2. The smallest absolute Gasteiger partial charge is 0.221 e. The highest BCUT2D eigenvalue weighted by Gasteiger charge is 2.10. The number of carbonyl (C=O) groups excluding carboxylic acids is 1. The Balaban J connectivity index is 1.69. The second-order valence-corrected chi connectivity index (χ2v) is 5.58. The second kappa shape index (κ2) is 7.75. The van der Waals surface area contributed by atoms with Crippen LogP contribution < -0.4 is 11.1 Å². The molecule has 0 bridgehead atoms. The van der Waals surface area contributed by atoms with Gasteiger partial charge in [0.15, 0.2) is 0 Å². The standard InChI is InChI=1S/C17H24N4O/c1-13-11-14(2)21(20-13)10-6-9-19-17(22)12-16(18)15-7-4-3-5-8-15/h3-5,7-8,11,16H,6,9-10,12,18H2,1-2H3,(H,19,22). The van der Waals surface area contributed by atoms with Crippen molar-refractivity contribution in [2.75, 3.05) is 6.54 Å². The second-order valence-electron chi connectivity index (χ2n) is 5.58. The Labute approximate surface area is 131 Å². The maximum Gasteiger partial charge on any atom is 0.221 e. The summed E-state index contributed by atoms with van der Waals surface area (Å²) in [7, 11) is 0. The molecule has 0 spiro atoms. The number of aryl methyl sites for hydroxylation is 3. The lowest BCUT2D eigenvalue weighted by Gasteiger charge is -2.12. The van der Waals surface area contributed by atoms with E-state index in [0.717, 1.165) is 29.9 Å². The molecule has 0 saturated carbocycles. The molecule has 5 nitrogen and oxygen atoms in total. The summed E-state index contributed by atoms with van der Waals surface area (Å²) in [6.07, 6.45) is 1.16. The third-order valence-electron chi connectivity index (χ3n) is 3.61. The summed E-state index contributed by atoms with van der Waals surface area (Å²) in [5, 5.41) is 7.32. The number of amides is 1. The number of aromatic nitrogens is 2. The predicted octanol–water partition coefficient (Wildman–Crippen LogP) is 2.10. The number of carbonyl (C=O) groups is 1. The lowest BCUT2D eigenvalue weighted by atomic mass is 10.0. The van der Waals surface area contributed by atoms with E-state index in [2.05, 4.69) is 16.5 Å². The van der Waals surface area contributed by atoms with E-state index in [0.29, 0.717) is 13.0 Å². The SMILES string of the molecule is Cc1cc(C)n(CCCNC(=O)CC(N)c2ccccc2)n1. The molecule has 0 saturated heterocycles. The Morgan fingerprint density at radius 1 is 1.32 bits per heavy atom. The molecule has 0 aliphatic heterocycles. The Kier molecular flexibility index (Phi) is 5.72. The maximum atomic E-state index is 11.9. The van der Waals surface area contributed by atoms with Gasteiger partial charge in [0.1, 0.15) is 0 Å². The van der Waals surface area contributed by atoms with Crippen molar-refractivity contribution in [3.05, 3.63) is 53.3 Å². The summed E-state index contributed by atoms with van der Waals surface area (Å²) in [6.45, 7) is 5.47. The van der Waals surface area contributed by atoms with Crippen LogP contribution in [0.1, 0.15) is 35.8 Å². The molecule has 3 N–H and O–H groups in total.